The maximum absolute atomic E-state index is 13.7. The van der Waals surface area contributed by atoms with Crippen LogP contribution in [0.1, 0.15) is 65.9 Å². The molecule has 1 N–H and O–H groups in total. The summed E-state index contributed by atoms with van der Waals surface area (Å²) in [7, 11) is 0. The fourth-order valence-electron chi connectivity index (χ4n) is 5.72. The van der Waals surface area contributed by atoms with Crippen LogP contribution in [-0.2, 0) is 16.1 Å². The number of amides is 2. The second-order valence-corrected chi connectivity index (χ2v) is 8.96. The molecule has 162 valence electrons. The van der Waals surface area contributed by atoms with Gasteiger partial charge in [0.15, 0.2) is 0 Å². The van der Waals surface area contributed by atoms with Crippen LogP contribution in [0.2, 0.25) is 0 Å². The molecule has 2 aromatic rings. The Morgan fingerprint density at radius 2 is 2.00 bits per heavy atom. The third kappa shape index (κ3) is 3.63. The smallest absolute Gasteiger partial charge is 0.254 e. The first-order valence-electron chi connectivity index (χ1n) is 11.4. The van der Waals surface area contributed by atoms with Crippen molar-refractivity contribution in [2.24, 2.45) is 0 Å². The number of rotatable bonds is 5. The number of fused-ring (bicyclic) bond motifs is 1. The highest BCUT2D eigenvalue weighted by atomic mass is 16.5. The zero-order chi connectivity index (χ0) is 21.3. The van der Waals surface area contributed by atoms with Crippen molar-refractivity contribution in [2.45, 2.75) is 62.6 Å². The largest absolute Gasteiger partial charge is 0.376 e. The Bertz CT molecular complexity index is 949. The predicted molar refractivity (Wildman–Crippen MR) is 116 cm³/mol. The van der Waals surface area contributed by atoms with E-state index in [0.29, 0.717) is 18.7 Å². The second kappa shape index (κ2) is 8.42. The zero-order valence-electron chi connectivity index (χ0n) is 17.8. The van der Waals surface area contributed by atoms with Gasteiger partial charge < -0.3 is 15.0 Å². The summed E-state index contributed by atoms with van der Waals surface area (Å²) < 4.78 is 5.89. The number of benzene rings is 1. The molecule has 5 rings (SSSR count). The van der Waals surface area contributed by atoms with Crippen LogP contribution in [-0.4, -0.2) is 46.5 Å². The topological polar surface area (TPSA) is 71.5 Å². The lowest BCUT2D eigenvalue weighted by Gasteiger charge is -2.50. The molecule has 1 saturated heterocycles. The SMILES string of the molecule is O=C(NCc1cccnc1)[C@H]1c2ccccc2C(=O)N(C[C@H]2CCCO2)C12CCCC2. The highest BCUT2D eigenvalue weighted by Gasteiger charge is 2.55. The van der Waals surface area contributed by atoms with Crippen LogP contribution in [0.4, 0.5) is 0 Å². The van der Waals surface area contributed by atoms with Crippen molar-refractivity contribution < 1.29 is 14.3 Å². The predicted octanol–water partition coefficient (Wildman–Crippen LogP) is 3.43. The molecule has 1 aromatic heterocycles. The van der Waals surface area contributed by atoms with Crippen molar-refractivity contribution in [1.29, 1.82) is 0 Å². The Kier molecular flexibility index (Phi) is 5.48. The molecule has 2 amide bonds. The molecule has 0 radical (unpaired) electrons. The maximum atomic E-state index is 13.7. The molecule has 1 spiro atoms. The Morgan fingerprint density at radius 1 is 1.16 bits per heavy atom. The van der Waals surface area contributed by atoms with Crippen molar-refractivity contribution in [3.05, 3.63) is 65.5 Å². The van der Waals surface area contributed by atoms with Gasteiger partial charge >= 0.3 is 0 Å². The molecular weight excluding hydrogens is 390 g/mol. The van der Waals surface area contributed by atoms with Crippen LogP contribution in [0.15, 0.2) is 48.8 Å². The maximum Gasteiger partial charge on any atom is 0.254 e. The Hall–Kier alpha value is -2.73. The van der Waals surface area contributed by atoms with Crippen molar-refractivity contribution >= 4 is 11.8 Å². The van der Waals surface area contributed by atoms with Crippen LogP contribution in [0.5, 0.6) is 0 Å². The van der Waals surface area contributed by atoms with E-state index in [0.717, 1.165) is 56.3 Å². The minimum atomic E-state index is -0.476. The molecule has 0 bridgehead atoms. The molecule has 6 heteroatoms. The number of nitrogens with zero attached hydrogens (tertiary/aromatic N) is 2. The molecule has 2 fully saturated rings. The lowest BCUT2D eigenvalue weighted by Crippen LogP contribution is -2.62. The summed E-state index contributed by atoms with van der Waals surface area (Å²) in [6.45, 7) is 1.76. The van der Waals surface area contributed by atoms with E-state index in [-0.39, 0.29) is 23.8 Å². The summed E-state index contributed by atoms with van der Waals surface area (Å²) >= 11 is 0. The number of carbonyl (C=O) groups is 2. The standard InChI is InChI=1S/C25H29N3O3/c29-23(27-16-18-7-5-13-26-15-18)22-20-9-1-2-10-21(20)24(30)28(17-19-8-6-14-31-19)25(22)11-3-4-12-25/h1-2,5,7,9-10,13,15,19,22H,3-4,6,8,11-12,14,16-17H2,(H,27,29)/t19-,22-/m1/s1. The van der Waals surface area contributed by atoms with E-state index in [1.54, 1.807) is 12.4 Å². The lowest BCUT2D eigenvalue weighted by atomic mass is 9.71. The van der Waals surface area contributed by atoms with Gasteiger partial charge in [0, 0.05) is 37.7 Å². The third-order valence-corrected chi connectivity index (χ3v) is 7.15. The average Bonchev–Trinajstić information content (AvgIpc) is 3.49. The van der Waals surface area contributed by atoms with Crippen LogP contribution >= 0.6 is 0 Å². The summed E-state index contributed by atoms with van der Waals surface area (Å²) in [4.78, 5) is 33.5. The summed E-state index contributed by atoms with van der Waals surface area (Å²) in [6, 6.07) is 11.5. The van der Waals surface area contributed by atoms with E-state index in [9.17, 15) is 9.59 Å². The molecule has 0 unspecified atom stereocenters. The van der Waals surface area contributed by atoms with Crippen LogP contribution in [0.3, 0.4) is 0 Å². The molecule has 2 aliphatic heterocycles. The number of nitrogens with one attached hydrogen (secondary N) is 1. The molecule has 1 aliphatic carbocycles. The van der Waals surface area contributed by atoms with Crippen LogP contribution in [0, 0.1) is 0 Å². The van der Waals surface area contributed by atoms with Gasteiger partial charge in [-0.1, -0.05) is 37.1 Å². The minimum absolute atomic E-state index is 0.0111. The van der Waals surface area contributed by atoms with E-state index in [4.69, 9.17) is 4.74 Å². The third-order valence-electron chi connectivity index (χ3n) is 7.15. The highest BCUT2D eigenvalue weighted by Crippen LogP contribution is 2.50. The van der Waals surface area contributed by atoms with Gasteiger partial charge in [-0.2, -0.15) is 0 Å². The van der Waals surface area contributed by atoms with Gasteiger partial charge in [0.05, 0.1) is 17.6 Å². The molecule has 6 nitrogen and oxygen atoms in total. The van der Waals surface area contributed by atoms with Crippen molar-refractivity contribution in [2.75, 3.05) is 13.2 Å². The Morgan fingerprint density at radius 3 is 2.74 bits per heavy atom. The normalized spacial score (nSPS) is 24.4. The molecule has 1 aromatic carbocycles. The highest BCUT2D eigenvalue weighted by molar-refractivity contribution is 6.02. The molecule has 31 heavy (non-hydrogen) atoms. The monoisotopic (exact) mass is 419 g/mol. The molecule has 2 atom stereocenters. The molecular formula is C25H29N3O3. The number of pyridine rings is 1. The van der Waals surface area contributed by atoms with Gasteiger partial charge in [-0.05, 0) is 48.9 Å². The van der Waals surface area contributed by atoms with Crippen LogP contribution in [0.25, 0.3) is 0 Å². The molecule has 3 aliphatic rings. The molecule has 3 heterocycles. The van der Waals surface area contributed by atoms with Gasteiger partial charge in [-0.15, -0.1) is 0 Å². The summed E-state index contributed by atoms with van der Waals surface area (Å²) in [5, 5.41) is 3.14. The number of hydrogen-bond acceptors (Lipinski definition) is 4. The molecule has 1 saturated carbocycles. The second-order valence-electron chi connectivity index (χ2n) is 8.96. The first-order chi connectivity index (χ1) is 15.2. The van der Waals surface area contributed by atoms with E-state index in [1.165, 1.54) is 0 Å². The van der Waals surface area contributed by atoms with E-state index in [1.807, 2.05) is 41.3 Å². The average molecular weight is 420 g/mol. The van der Waals surface area contributed by atoms with Gasteiger partial charge in [0.25, 0.3) is 5.91 Å². The van der Waals surface area contributed by atoms with Gasteiger partial charge in [0.1, 0.15) is 0 Å². The number of carbonyl (C=O) groups excluding carboxylic acids is 2. The summed E-state index contributed by atoms with van der Waals surface area (Å²) in [5.41, 5.74) is 2.00. The first-order valence-corrected chi connectivity index (χ1v) is 11.4. The fourth-order valence-corrected chi connectivity index (χ4v) is 5.72. The van der Waals surface area contributed by atoms with E-state index >= 15 is 0 Å². The first kappa shape index (κ1) is 20.2. The number of aromatic nitrogens is 1. The lowest BCUT2D eigenvalue weighted by molar-refractivity contribution is -0.127. The quantitative estimate of drug-likeness (QED) is 0.806. The van der Waals surface area contributed by atoms with E-state index in [2.05, 4.69) is 10.3 Å². The Balaban J connectivity index is 1.51. The van der Waals surface area contributed by atoms with Gasteiger partial charge in [-0.3, -0.25) is 14.6 Å². The number of ether oxygens (including phenoxy) is 1. The van der Waals surface area contributed by atoms with Crippen molar-refractivity contribution in [1.82, 2.24) is 15.2 Å². The summed E-state index contributed by atoms with van der Waals surface area (Å²) in [5.74, 6) is -0.339. The van der Waals surface area contributed by atoms with Crippen molar-refractivity contribution in [3.8, 4) is 0 Å². The van der Waals surface area contributed by atoms with Crippen molar-refractivity contribution in [3.63, 3.8) is 0 Å². The van der Waals surface area contributed by atoms with Crippen LogP contribution < -0.4 is 5.32 Å². The van der Waals surface area contributed by atoms with E-state index < -0.39 is 5.54 Å². The zero-order valence-corrected chi connectivity index (χ0v) is 17.8. The van der Waals surface area contributed by atoms with Gasteiger partial charge in [-0.25, -0.2) is 0 Å². The fraction of sp³-hybridized carbons (Fsp3) is 0.480. The van der Waals surface area contributed by atoms with Gasteiger partial charge in [0.2, 0.25) is 5.91 Å². The summed E-state index contributed by atoms with van der Waals surface area (Å²) in [6.07, 6.45) is 9.33. The number of hydrogen-bond donors (Lipinski definition) is 1. The minimum Gasteiger partial charge on any atom is -0.376 e. The Labute approximate surface area is 183 Å².